The standard InChI is InChI=1S/C26H38N4O2/c1-32-24-11-5-7-21(15-24)16-27-25(31)13-12-20-8-6-14-30(18-20)19-23-17-28-29-26(23)22-9-3-2-4-10-22/h5,7,11,15,17,20,22H,2-4,6,8-10,12-14,16,18-19H2,1H3,(H,27,31)(H,28,29). The maximum Gasteiger partial charge on any atom is 0.220 e. The number of amides is 1. The fraction of sp³-hybridized carbons (Fsp3) is 0.615. The first kappa shape index (κ1) is 22.8. The largest absolute Gasteiger partial charge is 0.497 e. The van der Waals surface area contributed by atoms with Crippen molar-refractivity contribution in [2.75, 3.05) is 20.2 Å². The van der Waals surface area contributed by atoms with Gasteiger partial charge in [-0.15, -0.1) is 0 Å². The van der Waals surface area contributed by atoms with E-state index in [0.29, 0.717) is 24.8 Å². The van der Waals surface area contributed by atoms with Crippen LogP contribution in [0.4, 0.5) is 0 Å². The summed E-state index contributed by atoms with van der Waals surface area (Å²) in [5.74, 6) is 2.22. The summed E-state index contributed by atoms with van der Waals surface area (Å²) in [5.41, 5.74) is 3.83. The predicted octanol–water partition coefficient (Wildman–Crippen LogP) is 4.77. The topological polar surface area (TPSA) is 70.2 Å². The monoisotopic (exact) mass is 438 g/mol. The SMILES string of the molecule is COc1cccc(CNC(=O)CCC2CCCN(Cc3cn[nH]c3C3CCCCC3)C2)c1. The number of aromatic nitrogens is 2. The van der Waals surface area contributed by atoms with Crippen molar-refractivity contribution in [3.05, 3.63) is 47.3 Å². The summed E-state index contributed by atoms with van der Waals surface area (Å²) in [6, 6.07) is 7.86. The molecular weight excluding hydrogens is 400 g/mol. The summed E-state index contributed by atoms with van der Waals surface area (Å²) < 4.78 is 5.25. The van der Waals surface area contributed by atoms with E-state index in [9.17, 15) is 4.79 Å². The average molecular weight is 439 g/mol. The van der Waals surface area contributed by atoms with E-state index >= 15 is 0 Å². The molecule has 2 aromatic rings. The maximum atomic E-state index is 12.4. The maximum absolute atomic E-state index is 12.4. The molecule has 1 unspecified atom stereocenters. The Morgan fingerprint density at radius 1 is 1.22 bits per heavy atom. The van der Waals surface area contributed by atoms with Crippen molar-refractivity contribution in [2.24, 2.45) is 5.92 Å². The lowest BCUT2D eigenvalue weighted by Gasteiger charge is -2.33. The highest BCUT2D eigenvalue weighted by Crippen LogP contribution is 2.34. The van der Waals surface area contributed by atoms with E-state index in [1.54, 1.807) is 7.11 Å². The first-order chi connectivity index (χ1) is 15.7. The van der Waals surface area contributed by atoms with Gasteiger partial charge < -0.3 is 10.1 Å². The summed E-state index contributed by atoms with van der Waals surface area (Å²) in [6.45, 7) is 3.77. The normalized spacial score (nSPS) is 20.2. The molecule has 2 fully saturated rings. The van der Waals surface area contributed by atoms with Crippen LogP contribution in [0.15, 0.2) is 30.5 Å². The van der Waals surface area contributed by atoms with E-state index in [1.807, 2.05) is 30.5 Å². The number of carbonyl (C=O) groups is 1. The van der Waals surface area contributed by atoms with Crippen molar-refractivity contribution in [3.63, 3.8) is 0 Å². The molecule has 1 saturated heterocycles. The molecule has 6 nitrogen and oxygen atoms in total. The third-order valence-electron chi connectivity index (χ3n) is 7.17. The third kappa shape index (κ3) is 6.35. The number of nitrogens with zero attached hydrogens (tertiary/aromatic N) is 2. The first-order valence-corrected chi connectivity index (χ1v) is 12.4. The van der Waals surface area contributed by atoms with Gasteiger partial charge in [0.05, 0.1) is 13.3 Å². The van der Waals surface area contributed by atoms with Crippen LogP contribution in [-0.2, 0) is 17.9 Å². The van der Waals surface area contributed by atoms with Gasteiger partial charge >= 0.3 is 0 Å². The number of benzene rings is 1. The number of piperidine rings is 1. The van der Waals surface area contributed by atoms with Crippen LogP contribution in [0.2, 0.25) is 0 Å². The van der Waals surface area contributed by atoms with Crippen LogP contribution >= 0.6 is 0 Å². The lowest BCUT2D eigenvalue weighted by Crippen LogP contribution is -2.35. The Kier molecular flexibility index (Phi) is 8.21. The fourth-order valence-electron chi connectivity index (χ4n) is 5.37. The smallest absolute Gasteiger partial charge is 0.220 e. The summed E-state index contributed by atoms with van der Waals surface area (Å²) in [6.07, 6.45) is 12.7. The van der Waals surface area contributed by atoms with Gasteiger partial charge in [0.15, 0.2) is 0 Å². The van der Waals surface area contributed by atoms with Gasteiger partial charge in [-0.3, -0.25) is 14.8 Å². The lowest BCUT2D eigenvalue weighted by atomic mass is 9.85. The molecule has 174 valence electrons. The van der Waals surface area contributed by atoms with Crippen LogP contribution in [0.1, 0.15) is 80.5 Å². The van der Waals surface area contributed by atoms with Crippen LogP contribution in [0, 0.1) is 5.92 Å². The van der Waals surface area contributed by atoms with E-state index in [2.05, 4.69) is 20.4 Å². The zero-order chi connectivity index (χ0) is 22.2. The molecule has 1 aliphatic heterocycles. The average Bonchev–Trinajstić information content (AvgIpc) is 3.30. The van der Waals surface area contributed by atoms with Crippen molar-refractivity contribution in [1.29, 1.82) is 0 Å². The molecule has 32 heavy (non-hydrogen) atoms. The Labute approximate surface area is 192 Å². The second-order valence-corrected chi connectivity index (χ2v) is 9.55. The minimum Gasteiger partial charge on any atom is -0.497 e. The second kappa shape index (κ2) is 11.5. The fourth-order valence-corrected chi connectivity index (χ4v) is 5.37. The molecule has 1 atom stereocenters. The van der Waals surface area contributed by atoms with E-state index in [0.717, 1.165) is 37.4 Å². The van der Waals surface area contributed by atoms with Gasteiger partial charge in [0.25, 0.3) is 0 Å². The van der Waals surface area contributed by atoms with Crippen molar-refractivity contribution in [1.82, 2.24) is 20.4 Å². The quantitative estimate of drug-likeness (QED) is 0.591. The number of nitrogens with one attached hydrogen (secondary N) is 2. The van der Waals surface area contributed by atoms with E-state index in [-0.39, 0.29) is 5.91 Å². The molecule has 2 N–H and O–H groups in total. The zero-order valence-corrected chi connectivity index (χ0v) is 19.4. The zero-order valence-electron chi connectivity index (χ0n) is 19.4. The molecule has 2 heterocycles. The van der Waals surface area contributed by atoms with Crippen molar-refractivity contribution < 1.29 is 9.53 Å². The Morgan fingerprint density at radius 3 is 2.94 bits per heavy atom. The molecule has 1 saturated carbocycles. The molecule has 1 aliphatic carbocycles. The molecule has 4 rings (SSSR count). The Bertz CT molecular complexity index is 859. The molecular formula is C26H38N4O2. The van der Waals surface area contributed by atoms with Gasteiger partial charge in [-0.1, -0.05) is 31.4 Å². The highest BCUT2D eigenvalue weighted by molar-refractivity contribution is 5.75. The van der Waals surface area contributed by atoms with Gasteiger partial charge in [-0.2, -0.15) is 5.10 Å². The Morgan fingerprint density at radius 2 is 2.09 bits per heavy atom. The molecule has 0 radical (unpaired) electrons. The van der Waals surface area contributed by atoms with Crippen LogP contribution in [0.5, 0.6) is 5.75 Å². The van der Waals surface area contributed by atoms with E-state index in [4.69, 9.17) is 4.74 Å². The third-order valence-corrected chi connectivity index (χ3v) is 7.17. The van der Waals surface area contributed by atoms with Crippen LogP contribution in [0.3, 0.4) is 0 Å². The minimum absolute atomic E-state index is 0.138. The minimum atomic E-state index is 0.138. The van der Waals surface area contributed by atoms with Gasteiger partial charge in [-0.05, 0) is 62.3 Å². The van der Waals surface area contributed by atoms with Crippen molar-refractivity contribution in [2.45, 2.75) is 76.8 Å². The van der Waals surface area contributed by atoms with Gasteiger partial charge in [0, 0.05) is 43.2 Å². The highest BCUT2D eigenvalue weighted by Gasteiger charge is 2.24. The number of carbonyl (C=O) groups excluding carboxylic acids is 1. The summed E-state index contributed by atoms with van der Waals surface area (Å²) >= 11 is 0. The molecule has 2 aliphatic rings. The van der Waals surface area contributed by atoms with Crippen molar-refractivity contribution in [3.8, 4) is 5.75 Å². The number of H-pyrrole nitrogens is 1. The number of aromatic amines is 1. The van der Waals surface area contributed by atoms with Crippen molar-refractivity contribution >= 4 is 5.91 Å². The number of likely N-dealkylation sites (tertiary alicyclic amines) is 1. The predicted molar refractivity (Wildman–Crippen MR) is 126 cm³/mol. The Balaban J connectivity index is 1.21. The van der Waals surface area contributed by atoms with Crippen LogP contribution in [0.25, 0.3) is 0 Å². The van der Waals surface area contributed by atoms with Gasteiger partial charge in [0.1, 0.15) is 5.75 Å². The lowest BCUT2D eigenvalue weighted by molar-refractivity contribution is -0.121. The highest BCUT2D eigenvalue weighted by atomic mass is 16.5. The number of ether oxygens (including phenoxy) is 1. The molecule has 6 heteroatoms. The number of hydrogen-bond acceptors (Lipinski definition) is 4. The van der Waals surface area contributed by atoms with Crippen LogP contribution in [-0.4, -0.2) is 41.2 Å². The van der Waals surface area contributed by atoms with E-state index < -0.39 is 0 Å². The molecule has 1 aromatic carbocycles. The van der Waals surface area contributed by atoms with E-state index in [1.165, 1.54) is 56.2 Å². The van der Waals surface area contributed by atoms with Crippen LogP contribution < -0.4 is 10.1 Å². The Hall–Kier alpha value is -2.34. The second-order valence-electron chi connectivity index (χ2n) is 9.55. The number of rotatable bonds is 9. The van der Waals surface area contributed by atoms with Gasteiger partial charge in [0.2, 0.25) is 5.91 Å². The molecule has 0 bridgehead atoms. The summed E-state index contributed by atoms with van der Waals surface area (Å²) in [7, 11) is 1.66. The summed E-state index contributed by atoms with van der Waals surface area (Å²) in [4.78, 5) is 15.0. The molecule has 0 spiro atoms. The molecule has 1 amide bonds. The summed E-state index contributed by atoms with van der Waals surface area (Å²) in [5, 5.41) is 10.8. The molecule has 1 aromatic heterocycles. The van der Waals surface area contributed by atoms with Gasteiger partial charge in [-0.25, -0.2) is 0 Å². The number of hydrogen-bond donors (Lipinski definition) is 2. The number of methoxy groups -OCH3 is 1. The first-order valence-electron chi connectivity index (χ1n) is 12.4.